The molecule has 16 heavy (non-hydrogen) atoms. The molecule has 0 fully saturated rings. The molecule has 0 saturated carbocycles. The van der Waals surface area contributed by atoms with Gasteiger partial charge >= 0.3 is 0 Å². The van der Waals surface area contributed by atoms with Crippen molar-refractivity contribution < 1.29 is 14.0 Å². The fourth-order valence-electron chi connectivity index (χ4n) is 1.55. The van der Waals surface area contributed by atoms with Gasteiger partial charge in [-0.25, -0.2) is 0 Å². The van der Waals surface area contributed by atoms with Crippen molar-refractivity contribution in [3.63, 3.8) is 0 Å². The van der Waals surface area contributed by atoms with Gasteiger partial charge in [-0.2, -0.15) is 4.57 Å². The lowest BCUT2D eigenvalue weighted by atomic mass is 10.3. The summed E-state index contributed by atoms with van der Waals surface area (Å²) in [5, 5.41) is 0. The number of hydrogen-bond donors (Lipinski definition) is 0. The molecule has 3 nitrogen and oxygen atoms in total. The van der Waals surface area contributed by atoms with E-state index < -0.39 is 0 Å². The predicted molar refractivity (Wildman–Crippen MR) is 61.1 cm³/mol. The molecule has 2 aromatic rings. The second-order valence-corrected chi connectivity index (χ2v) is 3.32. The zero-order valence-electron chi connectivity index (χ0n) is 9.38. The summed E-state index contributed by atoms with van der Waals surface area (Å²) in [6.07, 6.45) is 3.88. The third-order valence-electron chi connectivity index (χ3n) is 2.40. The standard InChI is InChI=1S/C13H14NO2/c1-15-11-7-9-14(10-8-11)12-5-3-4-6-13(12)16-2/h3-10H,1-2H3/q+1. The molecular formula is C13H14NO2+. The number of ether oxygens (including phenoxy) is 2. The lowest BCUT2D eigenvalue weighted by Crippen LogP contribution is -2.29. The van der Waals surface area contributed by atoms with Crippen molar-refractivity contribution in [3.8, 4) is 17.2 Å². The molecule has 1 heterocycles. The van der Waals surface area contributed by atoms with Gasteiger partial charge in [0.2, 0.25) is 0 Å². The van der Waals surface area contributed by atoms with Crippen LogP contribution in [0.2, 0.25) is 0 Å². The molecule has 0 N–H and O–H groups in total. The minimum Gasteiger partial charge on any atom is -0.496 e. The Kier molecular flexibility index (Phi) is 3.05. The Morgan fingerprint density at radius 3 is 2.19 bits per heavy atom. The number of para-hydroxylation sites is 2. The molecule has 0 bridgehead atoms. The van der Waals surface area contributed by atoms with Crippen LogP contribution >= 0.6 is 0 Å². The number of methoxy groups -OCH3 is 2. The second kappa shape index (κ2) is 4.66. The van der Waals surface area contributed by atoms with Gasteiger partial charge in [-0.15, -0.1) is 0 Å². The van der Waals surface area contributed by atoms with E-state index in [0.29, 0.717) is 0 Å². The van der Waals surface area contributed by atoms with Crippen LogP contribution in [-0.4, -0.2) is 14.2 Å². The summed E-state index contributed by atoms with van der Waals surface area (Å²) in [6.45, 7) is 0. The maximum atomic E-state index is 5.30. The van der Waals surface area contributed by atoms with E-state index in [0.717, 1.165) is 17.2 Å². The van der Waals surface area contributed by atoms with E-state index in [2.05, 4.69) is 0 Å². The SMILES string of the molecule is COc1cc[n+](-c2ccccc2OC)cc1. The third kappa shape index (κ3) is 1.98. The average molecular weight is 216 g/mol. The smallest absolute Gasteiger partial charge is 0.252 e. The van der Waals surface area contributed by atoms with Crippen LogP contribution in [0.4, 0.5) is 0 Å². The Hall–Kier alpha value is -2.03. The van der Waals surface area contributed by atoms with E-state index in [9.17, 15) is 0 Å². The summed E-state index contributed by atoms with van der Waals surface area (Å²) in [6, 6.07) is 11.7. The van der Waals surface area contributed by atoms with Crippen molar-refractivity contribution in [3.05, 3.63) is 48.8 Å². The van der Waals surface area contributed by atoms with Gasteiger partial charge in [-0.3, -0.25) is 0 Å². The van der Waals surface area contributed by atoms with Crippen LogP contribution < -0.4 is 14.0 Å². The second-order valence-electron chi connectivity index (χ2n) is 3.32. The van der Waals surface area contributed by atoms with E-state index in [1.54, 1.807) is 14.2 Å². The lowest BCUT2D eigenvalue weighted by molar-refractivity contribution is -0.596. The summed E-state index contributed by atoms with van der Waals surface area (Å²) in [7, 11) is 3.33. The largest absolute Gasteiger partial charge is 0.496 e. The summed E-state index contributed by atoms with van der Waals surface area (Å²) in [4.78, 5) is 0. The van der Waals surface area contributed by atoms with Crippen LogP contribution in [0.3, 0.4) is 0 Å². The highest BCUT2D eigenvalue weighted by atomic mass is 16.5. The predicted octanol–water partition coefficient (Wildman–Crippen LogP) is 1.98. The summed E-state index contributed by atoms with van der Waals surface area (Å²) >= 11 is 0. The van der Waals surface area contributed by atoms with Crippen molar-refractivity contribution in [2.24, 2.45) is 0 Å². The molecule has 0 aliphatic carbocycles. The van der Waals surface area contributed by atoms with Crippen molar-refractivity contribution in [2.75, 3.05) is 14.2 Å². The minimum absolute atomic E-state index is 0.839. The van der Waals surface area contributed by atoms with E-state index >= 15 is 0 Å². The zero-order valence-corrected chi connectivity index (χ0v) is 9.38. The molecule has 1 aromatic heterocycles. The molecule has 1 aromatic carbocycles. The Labute approximate surface area is 94.9 Å². The minimum atomic E-state index is 0.839. The van der Waals surface area contributed by atoms with Gasteiger partial charge in [0.25, 0.3) is 5.69 Å². The van der Waals surface area contributed by atoms with Crippen LogP contribution in [0.5, 0.6) is 11.5 Å². The Morgan fingerprint density at radius 2 is 1.56 bits per heavy atom. The molecule has 0 spiro atoms. The van der Waals surface area contributed by atoms with Gasteiger partial charge in [0.1, 0.15) is 5.75 Å². The molecular weight excluding hydrogens is 202 g/mol. The van der Waals surface area contributed by atoms with Gasteiger partial charge < -0.3 is 9.47 Å². The summed E-state index contributed by atoms with van der Waals surface area (Å²) in [5.41, 5.74) is 1.01. The summed E-state index contributed by atoms with van der Waals surface area (Å²) < 4.78 is 12.4. The van der Waals surface area contributed by atoms with Gasteiger partial charge in [-0.1, -0.05) is 12.1 Å². The molecule has 0 saturated heterocycles. The van der Waals surface area contributed by atoms with Gasteiger partial charge in [0.15, 0.2) is 18.1 Å². The fraction of sp³-hybridized carbons (Fsp3) is 0.154. The molecule has 0 amide bonds. The number of hydrogen-bond acceptors (Lipinski definition) is 2. The van der Waals surface area contributed by atoms with Gasteiger partial charge in [0, 0.05) is 18.2 Å². The number of aromatic nitrogens is 1. The highest BCUT2D eigenvalue weighted by molar-refractivity contribution is 5.39. The fourth-order valence-corrected chi connectivity index (χ4v) is 1.55. The first-order chi connectivity index (χ1) is 7.85. The van der Waals surface area contributed by atoms with E-state index in [4.69, 9.17) is 9.47 Å². The van der Waals surface area contributed by atoms with Crippen LogP contribution in [-0.2, 0) is 0 Å². The van der Waals surface area contributed by atoms with Crippen LogP contribution in [0.25, 0.3) is 5.69 Å². The molecule has 0 aliphatic rings. The number of rotatable bonds is 3. The molecule has 0 atom stereocenters. The molecule has 0 aliphatic heterocycles. The van der Waals surface area contributed by atoms with E-state index in [1.165, 1.54) is 0 Å². The molecule has 3 heteroatoms. The maximum absolute atomic E-state index is 5.30. The first-order valence-corrected chi connectivity index (χ1v) is 5.04. The van der Waals surface area contributed by atoms with E-state index in [-0.39, 0.29) is 0 Å². The topological polar surface area (TPSA) is 22.3 Å². The lowest BCUT2D eigenvalue weighted by Gasteiger charge is -2.03. The number of nitrogens with zero attached hydrogens (tertiary/aromatic N) is 1. The highest BCUT2D eigenvalue weighted by Gasteiger charge is 2.11. The first kappa shape index (κ1) is 10.5. The average Bonchev–Trinajstić information content (AvgIpc) is 2.39. The third-order valence-corrected chi connectivity index (χ3v) is 2.40. The molecule has 82 valence electrons. The monoisotopic (exact) mass is 216 g/mol. The van der Waals surface area contributed by atoms with Crippen LogP contribution in [0.1, 0.15) is 0 Å². The zero-order chi connectivity index (χ0) is 11.4. The molecule has 2 rings (SSSR count). The van der Waals surface area contributed by atoms with Crippen molar-refractivity contribution in [1.82, 2.24) is 0 Å². The number of pyridine rings is 1. The van der Waals surface area contributed by atoms with Crippen molar-refractivity contribution in [1.29, 1.82) is 0 Å². The Morgan fingerprint density at radius 1 is 0.875 bits per heavy atom. The number of benzene rings is 1. The molecule has 0 unspecified atom stereocenters. The Balaban J connectivity index is 2.42. The highest BCUT2D eigenvalue weighted by Crippen LogP contribution is 2.17. The quantitative estimate of drug-likeness (QED) is 0.732. The van der Waals surface area contributed by atoms with Crippen LogP contribution in [0, 0.1) is 0 Å². The summed E-state index contributed by atoms with van der Waals surface area (Å²) in [5.74, 6) is 1.68. The Bertz CT molecular complexity index is 466. The van der Waals surface area contributed by atoms with Gasteiger partial charge in [0.05, 0.1) is 14.2 Å². The normalized spacial score (nSPS) is 9.88. The maximum Gasteiger partial charge on any atom is 0.252 e. The molecule has 0 radical (unpaired) electrons. The van der Waals surface area contributed by atoms with E-state index in [1.807, 2.05) is 53.4 Å². The van der Waals surface area contributed by atoms with Crippen molar-refractivity contribution in [2.45, 2.75) is 0 Å². The van der Waals surface area contributed by atoms with Gasteiger partial charge in [-0.05, 0) is 6.07 Å². The van der Waals surface area contributed by atoms with Crippen LogP contribution in [0.15, 0.2) is 48.8 Å². The van der Waals surface area contributed by atoms with Crippen molar-refractivity contribution >= 4 is 0 Å². The first-order valence-electron chi connectivity index (χ1n) is 5.04.